The van der Waals surface area contributed by atoms with Crippen molar-refractivity contribution in [1.29, 1.82) is 0 Å². The molecule has 1 aromatic carbocycles. The Labute approximate surface area is 149 Å². The van der Waals surface area contributed by atoms with Gasteiger partial charge in [0.2, 0.25) is 6.54 Å². The molecule has 1 N–H and O–H groups in total. The molecule has 132 valence electrons. The summed E-state index contributed by atoms with van der Waals surface area (Å²) in [6.07, 6.45) is 7.71. The van der Waals surface area contributed by atoms with Crippen LogP contribution < -0.4 is 19.7 Å². The fraction of sp³-hybridized carbons (Fsp3) is 0.400. The number of carbonyl (C=O) groups excluding carboxylic acids is 1. The van der Waals surface area contributed by atoms with Gasteiger partial charge in [-0.3, -0.25) is 4.79 Å². The first-order chi connectivity index (χ1) is 12.1. The van der Waals surface area contributed by atoms with Gasteiger partial charge in [-0.15, -0.1) is 0 Å². The SMILES string of the molecule is CN(C)c1cc[n+](CC(=O)Nc2ccc(N3CCCCC3)cc2)cc1. The third-order valence-electron chi connectivity index (χ3n) is 4.59. The molecule has 2 aromatic rings. The fourth-order valence-corrected chi connectivity index (χ4v) is 3.13. The summed E-state index contributed by atoms with van der Waals surface area (Å²) in [7, 11) is 4.00. The molecule has 25 heavy (non-hydrogen) atoms. The number of aromatic nitrogens is 1. The van der Waals surface area contributed by atoms with Crippen LogP contribution in [-0.4, -0.2) is 33.1 Å². The molecule has 0 saturated carbocycles. The average molecular weight is 339 g/mol. The van der Waals surface area contributed by atoms with Crippen LogP contribution in [0.1, 0.15) is 19.3 Å². The number of pyridine rings is 1. The van der Waals surface area contributed by atoms with E-state index in [-0.39, 0.29) is 5.91 Å². The zero-order chi connectivity index (χ0) is 17.6. The zero-order valence-electron chi connectivity index (χ0n) is 15.1. The highest BCUT2D eigenvalue weighted by molar-refractivity contribution is 5.89. The first-order valence-corrected chi connectivity index (χ1v) is 8.93. The molecule has 1 saturated heterocycles. The highest BCUT2D eigenvalue weighted by Gasteiger charge is 2.12. The van der Waals surface area contributed by atoms with Gasteiger partial charge < -0.3 is 15.1 Å². The molecule has 3 rings (SSSR count). The van der Waals surface area contributed by atoms with Gasteiger partial charge in [0, 0.05) is 56.4 Å². The minimum atomic E-state index is -0.0201. The first-order valence-electron chi connectivity index (χ1n) is 8.93. The van der Waals surface area contributed by atoms with Crippen molar-refractivity contribution in [3.8, 4) is 0 Å². The number of carbonyl (C=O) groups is 1. The molecular weight excluding hydrogens is 312 g/mol. The molecule has 0 unspecified atom stereocenters. The van der Waals surface area contributed by atoms with E-state index in [1.54, 1.807) is 0 Å². The van der Waals surface area contributed by atoms with Crippen LogP contribution in [0.15, 0.2) is 48.8 Å². The van der Waals surface area contributed by atoms with Crippen LogP contribution >= 0.6 is 0 Å². The topological polar surface area (TPSA) is 39.5 Å². The van der Waals surface area contributed by atoms with E-state index in [4.69, 9.17) is 0 Å². The van der Waals surface area contributed by atoms with E-state index in [1.807, 2.05) is 60.2 Å². The Kier molecular flexibility index (Phi) is 5.53. The Hall–Kier alpha value is -2.56. The molecule has 0 atom stereocenters. The van der Waals surface area contributed by atoms with Crippen molar-refractivity contribution in [2.75, 3.05) is 42.3 Å². The van der Waals surface area contributed by atoms with Crippen LogP contribution in [0.25, 0.3) is 0 Å². The number of nitrogens with one attached hydrogen (secondary N) is 1. The number of nitrogens with zero attached hydrogens (tertiary/aromatic N) is 3. The van der Waals surface area contributed by atoms with Gasteiger partial charge in [-0.25, -0.2) is 0 Å². The Morgan fingerprint density at radius 3 is 2.28 bits per heavy atom. The highest BCUT2D eigenvalue weighted by Crippen LogP contribution is 2.21. The van der Waals surface area contributed by atoms with E-state index >= 15 is 0 Å². The third kappa shape index (κ3) is 4.72. The van der Waals surface area contributed by atoms with E-state index in [2.05, 4.69) is 22.3 Å². The molecular formula is C20H27N4O+. The molecule has 0 radical (unpaired) electrons. The molecule has 1 aliphatic rings. The maximum atomic E-state index is 12.2. The largest absolute Gasteiger partial charge is 0.377 e. The van der Waals surface area contributed by atoms with Gasteiger partial charge in [-0.1, -0.05) is 0 Å². The number of piperidine rings is 1. The molecule has 1 fully saturated rings. The molecule has 1 aliphatic heterocycles. The predicted octanol–water partition coefficient (Wildman–Crippen LogP) is 2.67. The monoisotopic (exact) mass is 339 g/mol. The second-order valence-electron chi connectivity index (χ2n) is 6.77. The van der Waals surface area contributed by atoms with Crippen molar-refractivity contribution in [2.24, 2.45) is 0 Å². The standard InChI is InChI=1S/C20H26N4O/c1-22(2)18-10-14-23(15-11-18)16-20(25)21-17-6-8-19(9-7-17)24-12-4-3-5-13-24/h6-11,14-15H,3-5,12-13,16H2,1-2H3/p+1. The van der Waals surface area contributed by atoms with E-state index < -0.39 is 0 Å². The lowest BCUT2D eigenvalue weighted by Crippen LogP contribution is -2.39. The van der Waals surface area contributed by atoms with Crippen molar-refractivity contribution < 1.29 is 9.36 Å². The van der Waals surface area contributed by atoms with E-state index in [9.17, 15) is 4.79 Å². The molecule has 5 heteroatoms. The van der Waals surface area contributed by atoms with E-state index in [0.29, 0.717) is 6.54 Å². The Balaban J connectivity index is 1.55. The molecule has 1 aromatic heterocycles. The number of benzene rings is 1. The summed E-state index contributed by atoms with van der Waals surface area (Å²) < 4.78 is 1.88. The van der Waals surface area contributed by atoms with Crippen LogP contribution in [0, 0.1) is 0 Å². The maximum Gasteiger partial charge on any atom is 0.290 e. The number of hydrogen-bond acceptors (Lipinski definition) is 3. The van der Waals surface area contributed by atoms with Gasteiger partial charge in [0.05, 0.1) is 0 Å². The summed E-state index contributed by atoms with van der Waals surface area (Å²) in [4.78, 5) is 16.7. The summed E-state index contributed by atoms with van der Waals surface area (Å²) in [5.74, 6) is -0.0201. The lowest BCUT2D eigenvalue weighted by Gasteiger charge is -2.28. The normalized spacial score (nSPS) is 14.2. The smallest absolute Gasteiger partial charge is 0.290 e. The average Bonchev–Trinajstić information content (AvgIpc) is 2.63. The van der Waals surface area contributed by atoms with Crippen LogP contribution in [0.2, 0.25) is 0 Å². The second kappa shape index (κ2) is 8.01. The summed E-state index contributed by atoms with van der Waals surface area (Å²) in [5.41, 5.74) is 3.20. The zero-order valence-corrected chi connectivity index (χ0v) is 15.1. The molecule has 1 amide bonds. The number of anilines is 3. The van der Waals surface area contributed by atoms with Crippen molar-refractivity contribution in [2.45, 2.75) is 25.8 Å². The quantitative estimate of drug-likeness (QED) is 0.852. The van der Waals surface area contributed by atoms with Gasteiger partial charge in [-0.05, 0) is 43.5 Å². The molecule has 0 aliphatic carbocycles. The molecule has 0 bridgehead atoms. The van der Waals surface area contributed by atoms with Crippen molar-refractivity contribution in [3.63, 3.8) is 0 Å². The van der Waals surface area contributed by atoms with Crippen molar-refractivity contribution in [3.05, 3.63) is 48.8 Å². The molecule has 2 heterocycles. The summed E-state index contributed by atoms with van der Waals surface area (Å²) in [6, 6.07) is 12.2. The number of rotatable bonds is 5. The number of hydrogen-bond donors (Lipinski definition) is 1. The summed E-state index contributed by atoms with van der Waals surface area (Å²) in [6.45, 7) is 2.57. The predicted molar refractivity (Wildman–Crippen MR) is 102 cm³/mol. The highest BCUT2D eigenvalue weighted by atomic mass is 16.1. The minimum Gasteiger partial charge on any atom is -0.377 e. The Morgan fingerprint density at radius 1 is 1.04 bits per heavy atom. The lowest BCUT2D eigenvalue weighted by molar-refractivity contribution is -0.684. The van der Waals surface area contributed by atoms with E-state index in [0.717, 1.165) is 24.5 Å². The summed E-state index contributed by atoms with van der Waals surface area (Å²) in [5, 5.41) is 2.97. The number of amides is 1. The third-order valence-corrected chi connectivity index (χ3v) is 4.59. The van der Waals surface area contributed by atoms with Crippen LogP contribution in [0.4, 0.5) is 17.1 Å². The van der Waals surface area contributed by atoms with Gasteiger partial charge in [-0.2, -0.15) is 4.57 Å². The molecule has 0 spiro atoms. The lowest BCUT2D eigenvalue weighted by atomic mass is 10.1. The van der Waals surface area contributed by atoms with Crippen molar-refractivity contribution >= 4 is 23.0 Å². The first kappa shape index (κ1) is 17.3. The second-order valence-corrected chi connectivity index (χ2v) is 6.77. The fourth-order valence-electron chi connectivity index (χ4n) is 3.13. The summed E-state index contributed by atoms with van der Waals surface area (Å²) >= 11 is 0. The Bertz CT molecular complexity index is 689. The van der Waals surface area contributed by atoms with Crippen LogP contribution in [0.3, 0.4) is 0 Å². The van der Waals surface area contributed by atoms with Crippen molar-refractivity contribution in [1.82, 2.24) is 0 Å². The van der Waals surface area contributed by atoms with Gasteiger partial charge in [0.25, 0.3) is 5.91 Å². The van der Waals surface area contributed by atoms with Crippen LogP contribution in [-0.2, 0) is 11.3 Å². The van der Waals surface area contributed by atoms with Gasteiger partial charge in [0.15, 0.2) is 12.4 Å². The maximum absolute atomic E-state index is 12.2. The van der Waals surface area contributed by atoms with Gasteiger partial charge >= 0.3 is 0 Å². The van der Waals surface area contributed by atoms with Gasteiger partial charge in [0.1, 0.15) is 0 Å². The Morgan fingerprint density at radius 2 is 1.68 bits per heavy atom. The van der Waals surface area contributed by atoms with Crippen LogP contribution in [0.5, 0.6) is 0 Å². The minimum absolute atomic E-state index is 0.0201. The van der Waals surface area contributed by atoms with E-state index in [1.165, 1.54) is 24.9 Å². The molecule has 5 nitrogen and oxygen atoms in total.